The molecule has 3 heteroatoms. The molecule has 11 rings (SSSR count). The van der Waals surface area contributed by atoms with Crippen LogP contribution in [0.1, 0.15) is 60.4 Å². The average Bonchev–Trinajstić information content (AvgIpc) is 3.97. The molecule has 0 N–H and O–H groups in total. The minimum absolute atomic E-state index is 0.151. The molecule has 2 aliphatic rings. The van der Waals surface area contributed by atoms with Crippen molar-refractivity contribution in [2.24, 2.45) is 0 Å². The highest BCUT2D eigenvalue weighted by Gasteiger charge is 2.49. The first-order valence-electron chi connectivity index (χ1n) is 21.2. The van der Waals surface area contributed by atoms with Gasteiger partial charge in [0.25, 0.3) is 0 Å². The van der Waals surface area contributed by atoms with Gasteiger partial charge in [0.05, 0.1) is 22.4 Å². The molecular formula is C56H47N3. The molecule has 2 aliphatic carbocycles. The van der Waals surface area contributed by atoms with Gasteiger partial charge in [-0.1, -0.05) is 129 Å². The first kappa shape index (κ1) is 35.3. The van der Waals surface area contributed by atoms with Gasteiger partial charge in [-0.25, -0.2) is 0 Å². The molecule has 0 fully saturated rings. The number of anilines is 6. The Morgan fingerprint density at radius 3 is 1.47 bits per heavy atom. The van der Waals surface area contributed by atoms with Crippen molar-refractivity contribution < 1.29 is 0 Å². The molecule has 1 aromatic heterocycles. The molecule has 1 heterocycles. The predicted octanol–water partition coefficient (Wildman–Crippen LogP) is 15.0. The second-order valence-electron chi connectivity index (χ2n) is 16.7. The zero-order chi connectivity index (χ0) is 39.5. The van der Waals surface area contributed by atoms with Crippen molar-refractivity contribution in [1.29, 1.82) is 0 Å². The van der Waals surface area contributed by atoms with Gasteiger partial charge in [0.15, 0.2) is 0 Å². The molecule has 0 bridgehead atoms. The summed E-state index contributed by atoms with van der Waals surface area (Å²) in [5.41, 5.74) is 18.0. The fourth-order valence-electron chi connectivity index (χ4n) is 10.7. The van der Waals surface area contributed by atoms with Gasteiger partial charge in [-0.05, 0) is 138 Å². The number of nitrogens with zero attached hydrogens (tertiary/aromatic N) is 3. The van der Waals surface area contributed by atoms with Crippen LogP contribution < -0.4 is 9.80 Å². The molecule has 0 aliphatic heterocycles. The summed E-state index contributed by atoms with van der Waals surface area (Å²) in [5, 5.41) is 2.63. The second-order valence-corrected chi connectivity index (χ2v) is 16.7. The van der Waals surface area contributed by atoms with Gasteiger partial charge < -0.3 is 14.4 Å². The lowest BCUT2D eigenvalue weighted by atomic mass is 9.74. The van der Waals surface area contributed by atoms with Crippen molar-refractivity contribution in [3.63, 3.8) is 0 Å². The quantitative estimate of drug-likeness (QED) is 0.153. The van der Waals surface area contributed by atoms with Crippen LogP contribution in [0.15, 0.2) is 194 Å². The smallest absolute Gasteiger partial charge is 0.0562 e. The van der Waals surface area contributed by atoms with Crippen LogP contribution in [0.5, 0.6) is 0 Å². The van der Waals surface area contributed by atoms with Gasteiger partial charge in [-0.15, -0.1) is 0 Å². The highest BCUT2D eigenvalue weighted by Crippen LogP contribution is 2.60. The Labute approximate surface area is 347 Å². The Morgan fingerprint density at radius 1 is 0.458 bits per heavy atom. The molecule has 9 aromatic rings. The maximum Gasteiger partial charge on any atom is 0.0562 e. The lowest BCUT2D eigenvalue weighted by Crippen LogP contribution is -2.27. The number of hydrogen-bond donors (Lipinski definition) is 0. The molecule has 8 aromatic carbocycles. The molecular weight excluding hydrogens is 715 g/mol. The summed E-state index contributed by atoms with van der Waals surface area (Å²) in [4.78, 5) is 5.04. The van der Waals surface area contributed by atoms with E-state index in [-0.39, 0.29) is 5.41 Å². The summed E-state index contributed by atoms with van der Waals surface area (Å²) in [7, 11) is 0. The van der Waals surface area contributed by atoms with Gasteiger partial charge in [-0.2, -0.15) is 0 Å². The van der Waals surface area contributed by atoms with E-state index in [9.17, 15) is 0 Å². The summed E-state index contributed by atoms with van der Waals surface area (Å²) in [6, 6.07) is 71.9. The van der Waals surface area contributed by atoms with E-state index in [0.717, 1.165) is 37.1 Å². The molecule has 59 heavy (non-hydrogen) atoms. The van der Waals surface area contributed by atoms with Crippen LogP contribution in [0.4, 0.5) is 34.1 Å². The highest BCUT2D eigenvalue weighted by atomic mass is 15.2. The van der Waals surface area contributed by atoms with Gasteiger partial charge >= 0.3 is 0 Å². The van der Waals surface area contributed by atoms with Gasteiger partial charge in [0.2, 0.25) is 0 Å². The standard InChI is InChI=1S/C56H47N3/c1-39(2)47-28-17-29-49-53(47)48-33-32-46(38-52(48)59(49)45-26-13-6-14-27-45)58(44-24-11-5-12-25-44)51-31-16-19-41-35-37-56(55(41)51)36-34-40-18-15-30-50(54(40)56)57(42-20-7-3-8-21-42)43-22-9-4-10-23-43/h3-33,38-39H,34-37H2,1-2H3/t56-/m1/s1. The number of benzene rings is 8. The van der Waals surface area contributed by atoms with Crippen molar-refractivity contribution in [2.45, 2.75) is 50.9 Å². The SMILES string of the molecule is CC(C)c1cccc2c1c1ccc(N(c3ccccc3)c3cccc4c3[C@]3(CCc5cccc(N(c6ccccc6)c6ccccc6)c53)CC4)cc1n2-c1ccccc1. The van der Waals surface area contributed by atoms with E-state index in [1.54, 1.807) is 0 Å². The van der Waals surface area contributed by atoms with E-state index in [1.807, 2.05) is 0 Å². The van der Waals surface area contributed by atoms with E-state index in [1.165, 1.54) is 78.1 Å². The lowest BCUT2D eigenvalue weighted by Gasteiger charge is -2.37. The van der Waals surface area contributed by atoms with E-state index in [0.29, 0.717) is 5.92 Å². The lowest BCUT2D eigenvalue weighted by molar-refractivity contribution is 0.508. The zero-order valence-corrected chi connectivity index (χ0v) is 33.7. The van der Waals surface area contributed by atoms with Crippen molar-refractivity contribution in [1.82, 2.24) is 4.57 Å². The Balaban J connectivity index is 1.16. The van der Waals surface area contributed by atoms with Crippen molar-refractivity contribution in [2.75, 3.05) is 9.80 Å². The molecule has 0 saturated carbocycles. The summed E-state index contributed by atoms with van der Waals surface area (Å²) in [6.45, 7) is 4.62. The minimum Gasteiger partial charge on any atom is -0.310 e. The van der Waals surface area contributed by atoms with E-state index < -0.39 is 0 Å². The van der Waals surface area contributed by atoms with Crippen LogP contribution in [0.25, 0.3) is 27.5 Å². The molecule has 0 radical (unpaired) electrons. The summed E-state index contributed by atoms with van der Waals surface area (Å²) in [5.74, 6) is 0.399. The van der Waals surface area contributed by atoms with Crippen LogP contribution >= 0.6 is 0 Å². The minimum atomic E-state index is -0.151. The summed E-state index contributed by atoms with van der Waals surface area (Å²) < 4.78 is 2.47. The molecule has 0 unspecified atom stereocenters. The first-order chi connectivity index (χ1) is 29.1. The van der Waals surface area contributed by atoms with Crippen molar-refractivity contribution >= 4 is 55.9 Å². The fourth-order valence-corrected chi connectivity index (χ4v) is 10.7. The number of fused-ring (bicyclic) bond motifs is 7. The van der Waals surface area contributed by atoms with Crippen molar-refractivity contribution in [3.8, 4) is 5.69 Å². The van der Waals surface area contributed by atoms with Crippen LogP contribution in [0, 0.1) is 0 Å². The Kier molecular flexibility index (Phi) is 8.51. The summed E-state index contributed by atoms with van der Waals surface area (Å²) in [6.07, 6.45) is 4.28. The number of para-hydroxylation sites is 4. The molecule has 1 atom stereocenters. The molecule has 0 saturated heterocycles. The number of aromatic nitrogens is 1. The Bertz CT molecular complexity index is 2920. The van der Waals surface area contributed by atoms with Crippen LogP contribution in [0.3, 0.4) is 0 Å². The maximum absolute atomic E-state index is 2.55. The van der Waals surface area contributed by atoms with Gasteiger partial charge in [-0.3, -0.25) is 0 Å². The first-order valence-corrected chi connectivity index (χ1v) is 21.2. The van der Waals surface area contributed by atoms with E-state index >= 15 is 0 Å². The number of hydrogen-bond acceptors (Lipinski definition) is 2. The fraction of sp³-hybridized carbons (Fsp3) is 0.143. The monoisotopic (exact) mass is 761 g/mol. The number of aryl methyl sites for hydroxylation is 2. The molecule has 286 valence electrons. The zero-order valence-electron chi connectivity index (χ0n) is 33.7. The topological polar surface area (TPSA) is 11.4 Å². The van der Waals surface area contributed by atoms with Crippen LogP contribution in [-0.4, -0.2) is 4.57 Å². The largest absolute Gasteiger partial charge is 0.310 e. The maximum atomic E-state index is 2.55. The van der Waals surface area contributed by atoms with Crippen LogP contribution in [-0.2, 0) is 18.3 Å². The summed E-state index contributed by atoms with van der Waals surface area (Å²) >= 11 is 0. The Hall–Kier alpha value is -6.84. The highest BCUT2D eigenvalue weighted by molar-refractivity contribution is 6.12. The Morgan fingerprint density at radius 2 is 0.949 bits per heavy atom. The number of rotatable bonds is 8. The molecule has 0 amide bonds. The molecule has 3 nitrogen and oxygen atoms in total. The van der Waals surface area contributed by atoms with E-state index in [2.05, 4.69) is 222 Å². The van der Waals surface area contributed by atoms with Gasteiger partial charge in [0, 0.05) is 44.6 Å². The normalized spacial score (nSPS) is 15.6. The van der Waals surface area contributed by atoms with Gasteiger partial charge in [0.1, 0.15) is 0 Å². The third-order valence-corrected chi connectivity index (χ3v) is 13.1. The van der Waals surface area contributed by atoms with Crippen molar-refractivity contribution in [3.05, 3.63) is 222 Å². The van der Waals surface area contributed by atoms with E-state index in [4.69, 9.17) is 0 Å². The third-order valence-electron chi connectivity index (χ3n) is 13.1. The average molecular weight is 762 g/mol. The molecule has 1 spiro atoms. The second kappa shape index (κ2) is 14.2. The van der Waals surface area contributed by atoms with Crippen LogP contribution in [0.2, 0.25) is 0 Å². The third kappa shape index (κ3) is 5.63. The predicted molar refractivity (Wildman–Crippen MR) is 248 cm³/mol.